The highest BCUT2D eigenvalue weighted by molar-refractivity contribution is 7.11. The number of hydrogen-bond acceptors (Lipinski definition) is 3. The lowest BCUT2D eigenvalue weighted by Crippen LogP contribution is -2.27. The van der Waals surface area contributed by atoms with Gasteiger partial charge in [-0.15, -0.1) is 11.3 Å². The Kier molecular flexibility index (Phi) is 2.08. The highest BCUT2D eigenvalue weighted by Gasteiger charge is 2.20. The fraction of sp³-hybridized carbons (Fsp3) is 0.375. The number of carbonyl (C=O) groups excluding carboxylic acids is 1. The van der Waals surface area contributed by atoms with Gasteiger partial charge in [-0.05, 0) is 12.8 Å². The zero-order chi connectivity index (χ0) is 8.39. The first-order valence-corrected chi connectivity index (χ1v) is 4.76. The fourth-order valence-electron chi connectivity index (χ4n) is 1.23. The summed E-state index contributed by atoms with van der Waals surface area (Å²) >= 11 is 1.40. The minimum atomic E-state index is 0.0683. The average molecular weight is 181 g/mol. The average Bonchev–Trinajstić information content (AvgIpc) is 2.77. The molecular weight excluding hydrogens is 172 g/mol. The molecule has 4 heteroatoms. The molecule has 2 heterocycles. The lowest BCUT2D eigenvalue weighted by molar-refractivity contribution is 0.0795. The Balaban J connectivity index is 2.09. The van der Waals surface area contributed by atoms with Crippen molar-refractivity contribution >= 4 is 17.2 Å². The summed E-state index contributed by atoms with van der Waals surface area (Å²) in [5.41, 5.74) is 0. The molecule has 1 radical (unpaired) electrons. The van der Waals surface area contributed by atoms with E-state index in [0.29, 0.717) is 5.01 Å². The number of likely N-dealkylation sites (tertiary alicyclic amines) is 1. The second kappa shape index (κ2) is 3.23. The molecule has 12 heavy (non-hydrogen) atoms. The number of rotatable bonds is 1. The van der Waals surface area contributed by atoms with Gasteiger partial charge >= 0.3 is 0 Å². The van der Waals surface area contributed by atoms with Gasteiger partial charge in [-0.1, -0.05) is 0 Å². The fourth-order valence-corrected chi connectivity index (χ4v) is 1.84. The highest BCUT2D eigenvalue weighted by Crippen LogP contribution is 2.13. The van der Waals surface area contributed by atoms with E-state index < -0.39 is 0 Å². The van der Waals surface area contributed by atoms with Crippen molar-refractivity contribution in [2.24, 2.45) is 0 Å². The van der Waals surface area contributed by atoms with E-state index in [2.05, 4.69) is 11.4 Å². The van der Waals surface area contributed by atoms with E-state index in [0.717, 1.165) is 19.5 Å². The second-order valence-corrected chi connectivity index (χ2v) is 3.56. The Morgan fingerprint density at radius 3 is 3.17 bits per heavy atom. The minimum absolute atomic E-state index is 0.0683. The molecule has 1 fully saturated rings. The summed E-state index contributed by atoms with van der Waals surface area (Å²) in [5.74, 6) is 0.0683. The van der Waals surface area contributed by atoms with Crippen LogP contribution in [0.3, 0.4) is 0 Å². The van der Waals surface area contributed by atoms with Crippen LogP contribution < -0.4 is 0 Å². The largest absolute Gasteiger partial charge is 0.336 e. The van der Waals surface area contributed by atoms with Crippen LogP contribution >= 0.6 is 11.3 Å². The maximum Gasteiger partial charge on any atom is 0.282 e. The monoisotopic (exact) mass is 181 g/mol. The molecular formula is C8H9N2OS. The first-order chi connectivity index (χ1) is 5.88. The van der Waals surface area contributed by atoms with E-state index >= 15 is 0 Å². The van der Waals surface area contributed by atoms with Crippen LogP contribution in [0.15, 0.2) is 11.6 Å². The lowest BCUT2D eigenvalue weighted by Gasteiger charge is -2.12. The molecule has 1 aromatic heterocycles. The molecule has 3 nitrogen and oxygen atoms in total. The van der Waals surface area contributed by atoms with Crippen LogP contribution in [0.2, 0.25) is 0 Å². The molecule has 2 rings (SSSR count). The molecule has 1 amide bonds. The summed E-state index contributed by atoms with van der Waals surface area (Å²) in [7, 11) is 0. The Morgan fingerprint density at radius 2 is 2.58 bits per heavy atom. The topological polar surface area (TPSA) is 33.2 Å². The molecule has 0 bridgehead atoms. The Labute approximate surface area is 75.0 Å². The number of nitrogens with zero attached hydrogens (tertiary/aromatic N) is 2. The molecule has 63 valence electrons. The van der Waals surface area contributed by atoms with Gasteiger partial charge in [0.05, 0.1) is 0 Å². The van der Waals surface area contributed by atoms with E-state index in [4.69, 9.17) is 0 Å². The van der Waals surface area contributed by atoms with Crippen LogP contribution in [0.4, 0.5) is 0 Å². The predicted octanol–water partition coefficient (Wildman–Crippen LogP) is 1.19. The maximum absolute atomic E-state index is 11.6. The molecule has 0 N–H and O–H groups in total. The highest BCUT2D eigenvalue weighted by atomic mass is 32.1. The Morgan fingerprint density at radius 1 is 1.67 bits per heavy atom. The van der Waals surface area contributed by atoms with Gasteiger partial charge in [0, 0.05) is 24.7 Å². The first kappa shape index (κ1) is 7.73. The van der Waals surface area contributed by atoms with Gasteiger partial charge in [-0.25, -0.2) is 4.98 Å². The van der Waals surface area contributed by atoms with Gasteiger partial charge in [0.25, 0.3) is 5.91 Å². The van der Waals surface area contributed by atoms with Crippen molar-refractivity contribution in [2.45, 2.75) is 6.42 Å². The van der Waals surface area contributed by atoms with Crippen LogP contribution in [0.1, 0.15) is 16.2 Å². The van der Waals surface area contributed by atoms with Crippen molar-refractivity contribution < 1.29 is 4.79 Å². The number of carbonyl (C=O) groups is 1. The van der Waals surface area contributed by atoms with Gasteiger partial charge < -0.3 is 4.90 Å². The third kappa shape index (κ3) is 1.34. The van der Waals surface area contributed by atoms with Crippen LogP contribution in [-0.2, 0) is 0 Å². The van der Waals surface area contributed by atoms with Gasteiger partial charge in [-0.3, -0.25) is 4.79 Å². The van der Waals surface area contributed by atoms with Crippen molar-refractivity contribution in [1.82, 2.24) is 9.88 Å². The third-order valence-corrected chi connectivity index (χ3v) is 2.62. The minimum Gasteiger partial charge on any atom is -0.336 e. The summed E-state index contributed by atoms with van der Waals surface area (Å²) in [4.78, 5) is 17.4. The van der Waals surface area contributed by atoms with Crippen molar-refractivity contribution in [1.29, 1.82) is 0 Å². The van der Waals surface area contributed by atoms with Crippen molar-refractivity contribution in [2.75, 3.05) is 13.1 Å². The molecule has 1 aliphatic heterocycles. The quantitative estimate of drug-likeness (QED) is 0.652. The lowest BCUT2D eigenvalue weighted by atomic mass is 10.4. The Hall–Kier alpha value is -0.900. The molecule has 1 saturated heterocycles. The second-order valence-electron chi connectivity index (χ2n) is 2.67. The predicted molar refractivity (Wildman–Crippen MR) is 46.9 cm³/mol. The zero-order valence-corrected chi connectivity index (χ0v) is 7.38. The summed E-state index contributed by atoms with van der Waals surface area (Å²) in [6.45, 7) is 1.62. The molecule has 0 spiro atoms. The molecule has 1 aromatic rings. The summed E-state index contributed by atoms with van der Waals surface area (Å²) in [6.07, 6.45) is 4.79. The van der Waals surface area contributed by atoms with Crippen molar-refractivity contribution in [3.8, 4) is 0 Å². The molecule has 0 atom stereocenters. The number of hydrogen-bond donors (Lipinski definition) is 0. The zero-order valence-electron chi connectivity index (χ0n) is 6.56. The van der Waals surface area contributed by atoms with Crippen LogP contribution in [0, 0.1) is 6.42 Å². The summed E-state index contributed by atoms with van der Waals surface area (Å²) in [5, 5.41) is 2.43. The summed E-state index contributed by atoms with van der Waals surface area (Å²) in [6, 6.07) is 0. The van der Waals surface area contributed by atoms with E-state index in [1.807, 2.05) is 10.3 Å². The van der Waals surface area contributed by atoms with E-state index in [9.17, 15) is 4.79 Å². The van der Waals surface area contributed by atoms with E-state index in [1.54, 1.807) is 6.20 Å². The molecule has 0 aromatic carbocycles. The van der Waals surface area contributed by atoms with Gasteiger partial charge in [-0.2, -0.15) is 0 Å². The molecule has 0 saturated carbocycles. The van der Waals surface area contributed by atoms with Crippen LogP contribution in [-0.4, -0.2) is 28.9 Å². The Bertz CT molecular complexity index is 265. The van der Waals surface area contributed by atoms with E-state index in [-0.39, 0.29) is 5.91 Å². The number of amides is 1. The third-order valence-electron chi connectivity index (χ3n) is 1.86. The number of aromatic nitrogens is 1. The normalized spacial score (nSPS) is 16.8. The van der Waals surface area contributed by atoms with Gasteiger partial charge in [0.15, 0.2) is 5.01 Å². The number of thiazole rings is 1. The summed E-state index contributed by atoms with van der Waals surface area (Å²) < 4.78 is 0. The maximum atomic E-state index is 11.6. The first-order valence-electron chi connectivity index (χ1n) is 3.88. The van der Waals surface area contributed by atoms with Crippen LogP contribution in [0.5, 0.6) is 0 Å². The molecule has 0 aliphatic carbocycles. The van der Waals surface area contributed by atoms with Crippen molar-refractivity contribution in [3.63, 3.8) is 0 Å². The molecule has 1 aliphatic rings. The van der Waals surface area contributed by atoms with Gasteiger partial charge in [0.2, 0.25) is 0 Å². The SMILES string of the molecule is O=C(c1nccs1)N1C[CH]CC1. The van der Waals surface area contributed by atoms with Crippen LogP contribution in [0.25, 0.3) is 0 Å². The molecule has 0 unspecified atom stereocenters. The van der Waals surface area contributed by atoms with Crippen molar-refractivity contribution in [3.05, 3.63) is 23.0 Å². The standard InChI is InChI=1S/C8H9N2OS/c11-8(7-9-3-6-12-7)10-4-1-2-5-10/h1,3,6H,2,4-5H2. The van der Waals surface area contributed by atoms with Gasteiger partial charge in [0.1, 0.15) is 0 Å². The van der Waals surface area contributed by atoms with E-state index in [1.165, 1.54) is 11.3 Å². The smallest absolute Gasteiger partial charge is 0.282 e.